The monoisotopic (exact) mass is 282 g/mol. The molecule has 1 aliphatic heterocycles. The fourth-order valence-electron chi connectivity index (χ4n) is 2.29. The molecule has 0 saturated carbocycles. The molecule has 1 aromatic rings. The van der Waals surface area contributed by atoms with Crippen molar-refractivity contribution in [2.75, 3.05) is 19.6 Å². The number of nitrogens with one attached hydrogen (secondary N) is 1. The molecule has 1 aromatic heterocycles. The Morgan fingerprint density at radius 2 is 2.25 bits per heavy atom. The number of carboxylic acid groups (broad SMARTS) is 1. The molecule has 0 bridgehead atoms. The van der Waals surface area contributed by atoms with Crippen molar-refractivity contribution in [3.8, 4) is 0 Å². The molecular formula is C12H18N4O4. The molecule has 2 atom stereocenters. The number of amides is 2. The third-order valence-corrected chi connectivity index (χ3v) is 3.41. The third-order valence-electron chi connectivity index (χ3n) is 3.41. The van der Waals surface area contributed by atoms with Crippen LogP contribution in [0.5, 0.6) is 0 Å². The van der Waals surface area contributed by atoms with Gasteiger partial charge in [-0.1, -0.05) is 12.1 Å². The van der Waals surface area contributed by atoms with E-state index in [0.717, 1.165) is 0 Å². The number of carbonyl (C=O) groups excluding carboxylic acids is 1. The maximum absolute atomic E-state index is 11.9. The van der Waals surface area contributed by atoms with Gasteiger partial charge in [0.1, 0.15) is 0 Å². The van der Waals surface area contributed by atoms with Crippen LogP contribution in [0.25, 0.3) is 0 Å². The number of carbonyl (C=O) groups is 2. The van der Waals surface area contributed by atoms with Gasteiger partial charge in [-0.05, 0) is 5.92 Å². The first kappa shape index (κ1) is 14.3. The van der Waals surface area contributed by atoms with E-state index < -0.39 is 11.9 Å². The number of aliphatic carboxylic acids is 1. The van der Waals surface area contributed by atoms with Gasteiger partial charge in [0.05, 0.1) is 5.92 Å². The van der Waals surface area contributed by atoms with Gasteiger partial charge in [-0.25, -0.2) is 4.79 Å². The van der Waals surface area contributed by atoms with Crippen molar-refractivity contribution < 1.29 is 19.2 Å². The van der Waals surface area contributed by atoms with Gasteiger partial charge >= 0.3 is 12.0 Å². The second kappa shape index (κ2) is 5.89. The fourth-order valence-corrected chi connectivity index (χ4v) is 2.29. The van der Waals surface area contributed by atoms with Crippen molar-refractivity contribution in [2.45, 2.75) is 20.3 Å². The molecule has 2 heterocycles. The van der Waals surface area contributed by atoms with Crippen LogP contribution in [0.3, 0.4) is 0 Å². The number of carboxylic acids is 1. The fraction of sp³-hybridized carbons (Fsp3) is 0.667. The van der Waals surface area contributed by atoms with Gasteiger partial charge in [0.15, 0.2) is 5.82 Å². The lowest BCUT2D eigenvalue weighted by Gasteiger charge is -2.16. The topological polar surface area (TPSA) is 109 Å². The Labute approximate surface area is 116 Å². The maximum Gasteiger partial charge on any atom is 0.317 e. The van der Waals surface area contributed by atoms with E-state index in [1.807, 2.05) is 6.92 Å². The highest BCUT2D eigenvalue weighted by Crippen LogP contribution is 2.22. The molecule has 1 fully saturated rings. The normalized spacial score (nSPS) is 22.0. The highest BCUT2D eigenvalue weighted by Gasteiger charge is 2.36. The first-order chi connectivity index (χ1) is 9.47. The van der Waals surface area contributed by atoms with Crippen LogP contribution >= 0.6 is 0 Å². The van der Waals surface area contributed by atoms with Crippen molar-refractivity contribution in [1.82, 2.24) is 20.4 Å². The van der Waals surface area contributed by atoms with Crippen LogP contribution in [0.4, 0.5) is 4.79 Å². The van der Waals surface area contributed by atoms with Gasteiger partial charge in [0.25, 0.3) is 0 Å². The molecule has 0 aromatic carbocycles. The second-order valence-corrected chi connectivity index (χ2v) is 5.04. The van der Waals surface area contributed by atoms with Gasteiger partial charge in [-0.2, -0.15) is 4.98 Å². The zero-order valence-corrected chi connectivity index (χ0v) is 11.5. The predicted octanol–water partition coefficient (Wildman–Crippen LogP) is 0.283. The van der Waals surface area contributed by atoms with E-state index in [0.29, 0.717) is 31.2 Å². The Bertz CT molecular complexity index is 501. The summed E-state index contributed by atoms with van der Waals surface area (Å²) in [4.78, 5) is 28.5. The molecule has 8 nitrogen and oxygen atoms in total. The molecule has 0 spiro atoms. The summed E-state index contributed by atoms with van der Waals surface area (Å²) in [6.45, 7) is 4.65. The summed E-state index contributed by atoms with van der Waals surface area (Å²) in [5, 5.41) is 15.5. The van der Waals surface area contributed by atoms with Crippen molar-refractivity contribution in [1.29, 1.82) is 0 Å². The van der Waals surface area contributed by atoms with Crippen LogP contribution in [0.15, 0.2) is 4.52 Å². The highest BCUT2D eigenvalue weighted by atomic mass is 16.5. The molecule has 0 radical (unpaired) electrons. The summed E-state index contributed by atoms with van der Waals surface area (Å²) in [6, 6.07) is -0.249. The van der Waals surface area contributed by atoms with Crippen molar-refractivity contribution in [3.05, 3.63) is 11.7 Å². The Morgan fingerprint density at radius 1 is 1.50 bits per heavy atom. The number of hydrogen-bond acceptors (Lipinski definition) is 5. The lowest BCUT2D eigenvalue weighted by Crippen LogP contribution is -2.39. The minimum Gasteiger partial charge on any atom is -0.481 e. The molecular weight excluding hydrogens is 264 g/mol. The van der Waals surface area contributed by atoms with Gasteiger partial charge in [-0.3, -0.25) is 4.79 Å². The predicted molar refractivity (Wildman–Crippen MR) is 68.0 cm³/mol. The maximum atomic E-state index is 11.9. The van der Waals surface area contributed by atoms with E-state index in [4.69, 9.17) is 9.63 Å². The van der Waals surface area contributed by atoms with Gasteiger partial charge in [0, 0.05) is 33.0 Å². The second-order valence-electron chi connectivity index (χ2n) is 5.04. The van der Waals surface area contributed by atoms with Crippen LogP contribution < -0.4 is 5.32 Å². The SMILES string of the molecule is Cc1nc(CCNC(=O)N2CC(C)C(C(=O)O)C2)no1. The molecule has 2 N–H and O–H groups in total. The smallest absolute Gasteiger partial charge is 0.317 e. The van der Waals surface area contributed by atoms with Gasteiger partial charge < -0.3 is 19.8 Å². The van der Waals surface area contributed by atoms with Crippen molar-refractivity contribution >= 4 is 12.0 Å². The van der Waals surface area contributed by atoms with Gasteiger partial charge in [0.2, 0.25) is 5.89 Å². The van der Waals surface area contributed by atoms with Crippen LogP contribution in [0.1, 0.15) is 18.6 Å². The molecule has 110 valence electrons. The number of rotatable bonds is 4. The van der Waals surface area contributed by atoms with Gasteiger partial charge in [-0.15, -0.1) is 0 Å². The van der Waals surface area contributed by atoms with Crippen molar-refractivity contribution in [3.63, 3.8) is 0 Å². The first-order valence-electron chi connectivity index (χ1n) is 6.52. The van der Waals surface area contributed by atoms with Crippen LogP contribution in [-0.2, 0) is 11.2 Å². The summed E-state index contributed by atoms with van der Waals surface area (Å²) in [7, 11) is 0. The first-order valence-corrected chi connectivity index (χ1v) is 6.52. The van der Waals surface area contributed by atoms with E-state index in [1.54, 1.807) is 6.92 Å². The minimum absolute atomic E-state index is 0.0295. The summed E-state index contributed by atoms with van der Waals surface area (Å²) < 4.78 is 4.83. The quantitative estimate of drug-likeness (QED) is 0.821. The molecule has 1 saturated heterocycles. The van der Waals surface area contributed by atoms with E-state index in [9.17, 15) is 9.59 Å². The van der Waals surface area contributed by atoms with E-state index in [-0.39, 0.29) is 18.5 Å². The summed E-state index contributed by atoms with van der Waals surface area (Å²) in [6.07, 6.45) is 0.481. The average Bonchev–Trinajstić information content (AvgIpc) is 2.95. The van der Waals surface area contributed by atoms with Crippen molar-refractivity contribution in [2.24, 2.45) is 11.8 Å². The van der Waals surface area contributed by atoms with Crippen LogP contribution in [0, 0.1) is 18.8 Å². The standard InChI is InChI=1S/C12H18N4O4/c1-7-5-16(6-9(7)11(17)18)12(19)13-4-3-10-14-8(2)20-15-10/h7,9H,3-6H2,1-2H3,(H,13,19)(H,17,18). The molecule has 2 rings (SSSR count). The Kier molecular flexibility index (Phi) is 4.21. The number of likely N-dealkylation sites (tertiary alicyclic amines) is 1. The molecule has 1 aliphatic rings. The number of nitrogens with zero attached hydrogens (tertiary/aromatic N) is 3. The molecule has 8 heteroatoms. The Balaban J connectivity index is 1.77. The summed E-state index contributed by atoms with van der Waals surface area (Å²) >= 11 is 0. The minimum atomic E-state index is -0.852. The molecule has 20 heavy (non-hydrogen) atoms. The lowest BCUT2D eigenvalue weighted by molar-refractivity contribution is -0.142. The molecule has 2 unspecified atom stereocenters. The molecule has 0 aliphatic carbocycles. The number of hydrogen-bond donors (Lipinski definition) is 2. The average molecular weight is 282 g/mol. The van der Waals surface area contributed by atoms with Crippen LogP contribution in [-0.4, -0.2) is 51.8 Å². The number of urea groups is 1. The third kappa shape index (κ3) is 3.25. The Hall–Kier alpha value is -2.12. The summed E-state index contributed by atoms with van der Waals surface area (Å²) in [5.74, 6) is -0.334. The largest absolute Gasteiger partial charge is 0.481 e. The van der Waals surface area contributed by atoms with E-state index in [1.165, 1.54) is 4.90 Å². The zero-order chi connectivity index (χ0) is 14.7. The van der Waals surface area contributed by atoms with E-state index in [2.05, 4.69) is 15.5 Å². The number of aromatic nitrogens is 2. The number of aryl methyl sites for hydroxylation is 1. The summed E-state index contributed by atoms with van der Waals surface area (Å²) in [5.41, 5.74) is 0. The van der Waals surface area contributed by atoms with Crippen LogP contribution in [0.2, 0.25) is 0 Å². The zero-order valence-electron chi connectivity index (χ0n) is 11.5. The Morgan fingerprint density at radius 3 is 2.80 bits per heavy atom. The molecule has 2 amide bonds. The van der Waals surface area contributed by atoms with E-state index >= 15 is 0 Å². The highest BCUT2D eigenvalue weighted by molar-refractivity contribution is 5.77. The lowest BCUT2D eigenvalue weighted by atomic mass is 9.99.